The van der Waals surface area contributed by atoms with Gasteiger partial charge in [-0.25, -0.2) is 4.68 Å². The van der Waals surface area contributed by atoms with Gasteiger partial charge in [0, 0.05) is 13.1 Å². The van der Waals surface area contributed by atoms with E-state index in [-0.39, 0.29) is 17.9 Å². The van der Waals surface area contributed by atoms with Gasteiger partial charge < -0.3 is 5.32 Å². The molecule has 1 aliphatic heterocycles. The highest BCUT2D eigenvalue weighted by Gasteiger charge is 2.29. The van der Waals surface area contributed by atoms with Crippen LogP contribution in [0.3, 0.4) is 0 Å². The summed E-state index contributed by atoms with van der Waals surface area (Å²) < 4.78 is 1.55. The minimum atomic E-state index is 0.0172. The summed E-state index contributed by atoms with van der Waals surface area (Å²) in [7, 11) is 1.75. The van der Waals surface area contributed by atoms with Crippen molar-refractivity contribution in [2.75, 3.05) is 11.9 Å². The molecular weight excluding hydrogens is 194 g/mol. The van der Waals surface area contributed by atoms with Gasteiger partial charge in [-0.05, 0) is 19.9 Å². The average molecular weight is 209 g/mol. The van der Waals surface area contributed by atoms with Gasteiger partial charge in [-0.3, -0.25) is 10.1 Å². The lowest BCUT2D eigenvalue weighted by Gasteiger charge is -2.13. The molecule has 0 spiro atoms. The lowest BCUT2D eigenvalue weighted by molar-refractivity contribution is -0.120. The normalized spacial score (nSPS) is 25.5. The van der Waals surface area contributed by atoms with Gasteiger partial charge in [0.15, 0.2) is 0 Å². The van der Waals surface area contributed by atoms with E-state index in [4.69, 9.17) is 0 Å². The third kappa shape index (κ3) is 1.99. The molecule has 1 aromatic heterocycles. The molecule has 6 heteroatoms. The molecule has 1 fully saturated rings. The quantitative estimate of drug-likeness (QED) is 0.704. The number of rotatable bonds is 2. The molecule has 15 heavy (non-hydrogen) atoms. The van der Waals surface area contributed by atoms with Gasteiger partial charge in [0.25, 0.3) is 0 Å². The zero-order valence-corrected chi connectivity index (χ0v) is 8.90. The van der Waals surface area contributed by atoms with Crippen LogP contribution in [0.25, 0.3) is 0 Å². The molecular formula is C9H15N5O. The molecule has 82 valence electrons. The van der Waals surface area contributed by atoms with Gasteiger partial charge in [-0.2, -0.15) is 10.1 Å². The summed E-state index contributed by atoms with van der Waals surface area (Å²) in [5, 5.41) is 9.90. The van der Waals surface area contributed by atoms with Crippen LogP contribution in [0.5, 0.6) is 0 Å². The summed E-state index contributed by atoms with van der Waals surface area (Å²) in [6, 6.07) is 0.234. The monoisotopic (exact) mass is 209 g/mol. The number of hydrogen-bond donors (Lipinski definition) is 2. The summed E-state index contributed by atoms with van der Waals surface area (Å²) in [6.07, 6.45) is 2.30. The second kappa shape index (κ2) is 3.98. The maximum Gasteiger partial charge on any atom is 0.231 e. The van der Waals surface area contributed by atoms with Crippen molar-refractivity contribution in [2.45, 2.75) is 19.4 Å². The van der Waals surface area contributed by atoms with E-state index >= 15 is 0 Å². The van der Waals surface area contributed by atoms with E-state index < -0.39 is 0 Å². The number of aromatic nitrogens is 3. The van der Waals surface area contributed by atoms with E-state index in [0.717, 1.165) is 13.0 Å². The minimum Gasteiger partial charge on any atom is -0.313 e. The Kier molecular flexibility index (Phi) is 2.68. The third-order valence-electron chi connectivity index (χ3n) is 2.81. The first-order chi connectivity index (χ1) is 7.18. The smallest absolute Gasteiger partial charge is 0.231 e. The molecule has 0 aliphatic carbocycles. The van der Waals surface area contributed by atoms with Gasteiger partial charge in [-0.1, -0.05) is 0 Å². The Labute approximate surface area is 88.1 Å². The summed E-state index contributed by atoms with van der Waals surface area (Å²) in [4.78, 5) is 15.8. The Morgan fingerprint density at radius 2 is 2.53 bits per heavy atom. The number of aryl methyl sites for hydroxylation is 1. The van der Waals surface area contributed by atoms with Crippen LogP contribution in [0, 0.1) is 5.92 Å². The third-order valence-corrected chi connectivity index (χ3v) is 2.81. The fourth-order valence-electron chi connectivity index (χ4n) is 1.83. The van der Waals surface area contributed by atoms with Crippen LogP contribution in [0.2, 0.25) is 0 Å². The summed E-state index contributed by atoms with van der Waals surface area (Å²) in [5.74, 6) is 0.546. The Hall–Kier alpha value is -1.43. The molecule has 0 saturated carbocycles. The van der Waals surface area contributed by atoms with Crippen molar-refractivity contribution in [3.8, 4) is 0 Å². The largest absolute Gasteiger partial charge is 0.313 e. The van der Waals surface area contributed by atoms with E-state index in [2.05, 4.69) is 20.7 Å². The number of anilines is 1. The SMILES string of the molecule is CC1NCCC1C(=O)Nc1ncnn1C. The molecule has 1 saturated heterocycles. The molecule has 0 bridgehead atoms. The molecule has 2 atom stereocenters. The van der Waals surface area contributed by atoms with Crippen LogP contribution < -0.4 is 10.6 Å². The predicted octanol–water partition coefficient (Wildman–Crippen LogP) is -0.248. The van der Waals surface area contributed by atoms with Gasteiger partial charge in [-0.15, -0.1) is 0 Å². The molecule has 1 aliphatic rings. The van der Waals surface area contributed by atoms with Crippen molar-refractivity contribution < 1.29 is 4.79 Å². The zero-order valence-electron chi connectivity index (χ0n) is 8.90. The molecule has 2 heterocycles. The van der Waals surface area contributed by atoms with Gasteiger partial charge in [0.2, 0.25) is 11.9 Å². The van der Waals surface area contributed by atoms with Crippen LogP contribution in [-0.2, 0) is 11.8 Å². The Morgan fingerprint density at radius 1 is 1.73 bits per heavy atom. The maximum absolute atomic E-state index is 11.8. The minimum absolute atomic E-state index is 0.0172. The first-order valence-corrected chi connectivity index (χ1v) is 5.06. The Bertz CT molecular complexity index is 361. The molecule has 1 aromatic rings. The highest BCUT2D eigenvalue weighted by atomic mass is 16.2. The zero-order chi connectivity index (χ0) is 10.8. The van der Waals surface area contributed by atoms with Crippen molar-refractivity contribution in [3.05, 3.63) is 6.33 Å². The van der Waals surface area contributed by atoms with Crippen LogP contribution in [0.4, 0.5) is 5.95 Å². The molecule has 2 rings (SSSR count). The molecule has 0 radical (unpaired) electrons. The molecule has 0 aromatic carbocycles. The van der Waals surface area contributed by atoms with E-state index in [1.807, 2.05) is 6.92 Å². The fourth-order valence-corrected chi connectivity index (χ4v) is 1.83. The molecule has 2 N–H and O–H groups in total. The standard InChI is InChI=1S/C9H15N5O/c1-6-7(3-4-10-6)8(15)13-9-11-5-12-14(9)2/h5-7,10H,3-4H2,1-2H3,(H,11,12,13,15). The molecule has 1 amide bonds. The van der Waals surface area contributed by atoms with E-state index in [0.29, 0.717) is 5.95 Å². The maximum atomic E-state index is 11.8. The summed E-state index contributed by atoms with van der Waals surface area (Å²) >= 11 is 0. The molecule has 6 nitrogen and oxygen atoms in total. The second-order valence-electron chi connectivity index (χ2n) is 3.83. The van der Waals surface area contributed by atoms with Crippen LogP contribution in [0.1, 0.15) is 13.3 Å². The number of carbonyl (C=O) groups is 1. The second-order valence-corrected chi connectivity index (χ2v) is 3.83. The highest BCUT2D eigenvalue weighted by molar-refractivity contribution is 5.91. The first-order valence-electron chi connectivity index (χ1n) is 5.06. The summed E-state index contributed by atoms with van der Waals surface area (Å²) in [6.45, 7) is 2.92. The predicted molar refractivity (Wildman–Crippen MR) is 55.2 cm³/mol. The van der Waals surface area contributed by atoms with Crippen molar-refractivity contribution in [1.82, 2.24) is 20.1 Å². The van der Waals surface area contributed by atoms with Gasteiger partial charge in [0.1, 0.15) is 6.33 Å². The number of hydrogen-bond acceptors (Lipinski definition) is 4. The van der Waals surface area contributed by atoms with Gasteiger partial charge in [0.05, 0.1) is 5.92 Å². The van der Waals surface area contributed by atoms with Crippen LogP contribution in [-0.4, -0.2) is 33.3 Å². The number of nitrogens with zero attached hydrogens (tertiary/aromatic N) is 3. The first kappa shape index (κ1) is 10.1. The van der Waals surface area contributed by atoms with E-state index in [9.17, 15) is 4.79 Å². The van der Waals surface area contributed by atoms with Crippen molar-refractivity contribution in [2.24, 2.45) is 13.0 Å². The lowest BCUT2D eigenvalue weighted by Crippen LogP contribution is -2.32. The van der Waals surface area contributed by atoms with Crippen molar-refractivity contribution in [1.29, 1.82) is 0 Å². The van der Waals surface area contributed by atoms with E-state index in [1.54, 1.807) is 11.7 Å². The average Bonchev–Trinajstić information content (AvgIpc) is 2.76. The Morgan fingerprint density at radius 3 is 3.07 bits per heavy atom. The molecule has 2 unspecified atom stereocenters. The summed E-state index contributed by atoms with van der Waals surface area (Å²) in [5.41, 5.74) is 0. The fraction of sp³-hybridized carbons (Fsp3) is 0.667. The van der Waals surface area contributed by atoms with Crippen LogP contribution in [0.15, 0.2) is 6.33 Å². The number of nitrogens with one attached hydrogen (secondary N) is 2. The van der Waals surface area contributed by atoms with Crippen molar-refractivity contribution in [3.63, 3.8) is 0 Å². The van der Waals surface area contributed by atoms with Crippen LogP contribution >= 0.6 is 0 Å². The van der Waals surface area contributed by atoms with Crippen molar-refractivity contribution >= 4 is 11.9 Å². The highest BCUT2D eigenvalue weighted by Crippen LogP contribution is 2.16. The Balaban J connectivity index is 2.01. The number of carbonyl (C=O) groups excluding carboxylic acids is 1. The topological polar surface area (TPSA) is 71.8 Å². The number of amides is 1. The van der Waals surface area contributed by atoms with Gasteiger partial charge >= 0.3 is 0 Å². The van der Waals surface area contributed by atoms with E-state index in [1.165, 1.54) is 6.33 Å². The lowest BCUT2D eigenvalue weighted by atomic mass is 10.0.